The molecule has 1 aliphatic heterocycles. The number of methoxy groups -OCH3 is 1. The van der Waals surface area contributed by atoms with Crippen LogP contribution in [0.5, 0.6) is 0 Å². The molecule has 1 aromatic heterocycles. The van der Waals surface area contributed by atoms with Crippen LogP contribution in [-0.2, 0) is 11.3 Å². The third-order valence-corrected chi connectivity index (χ3v) is 4.13. The van der Waals surface area contributed by atoms with E-state index in [-0.39, 0.29) is 10.6 Å². The molecule has 112 valence electrons. The summed E-state index contributed by atoms with van der Waals surface area (Å²) in [7, 11) is 1.58. The molecule has 6 nitrogen and oxygen atoms in total. The van der Waals surface area contributed by atoms with Crippen LogP contribution in [-0.4, -0.2) is 42.6 Å². The smallest absolute Gasteiger partial charge is 0.287 e. The summed E-state index contributed by atoms with van der Waals surface area (Å²) in [6.45, 7) is 4.41. The molecule has 2 heterocycles. The van der Waals surface area contributed by atoms with Crippen LogP contribution in [0.1, 0.15) is 13.3 Å². The summed E-state index contributed by atoms with van der Waals surface area (Å²) >= 11 is 6.23. The summed E-state index contributed by atoms with van der Waals surface area (Å²) in [4.78, 5) is 14.3. The molecular weight excluding hydrogens is 280 g/mol. The van der Waals surface area contributed by atoms with Crippen molar-refractivity contribution in [1.82, 2.24) is 9.78 Å². The summed E-state index contributed by atoms with van der Waals surface area (Å²) in [6, 6.07) is 0.317. The maximum atomic E-state index is 12.2. The Balaban J connectivity index is 2.25. The Kier molecular flexibility index (Phi) is 5.01. The van der Waals surface area contributed by atoms with Gasteiger partial charge in [-0.2, -0.15) is 5.10 Å². The molecule has 2 rings (SSSR count). The summed E-state index contributed by atoms with van der Waals surface area (Å²) in [5.74, 6) is 0.442. The normalized spacial score (nSPS) is 22.5. The molecule has 0 saturated carbocycles. The van der Waals surface area contributed by atoms with E-state index in [0.717, 1.165) is 13.0 Å². The number of nitrogens with two attached hydrogens (primary N) is 1. The number of hydrogen-bond acceptors (Lipinski definition) is 5. The predicted molar refractivity (Wildman–Crippen MR) is 79.4 cm³/mol. The first-order valence-corrected chi connectivity index (χ1v) is 7.17. The first kappa shape index (κ1) is 15.3. The second-order valence-corrected chi connectivity index (χ2v) is 5.58. The number of nitrogens with zero attached hydrogens (tertiary/aromatic N) is 3. The highest BCUT2D eigenvalue weighted by molar-refractivity contribution is 6.33. The van der Waals surface area contributed by atoms with Crippen LogP contribution >= 0.6 is 11.6 Å². The Labute approximate surface area is 123 Å². The van der Waals surface area contributed by atoms with Crippen LogP contribution in [0.3, 0.4) is 0 Å². The SMILES string of the molecule is COCCn1ncc(N2CC(CN)CC2C)c(Cl)c1=O. The molecule has 2 unspecified atom stereocenters. The number of halogens is 1. The van der Waals surface area contributed by atoms with E-state index in [9.17, 15) is 4.79 Å². The fraction of sp³-hybridized carbons (Fsp3) is 0.692. The van der Waals surface area contributed by atoms with Crippen molar-refractivity contribution in [3.05, 3.63) is 21.6 Å². The molecule has 1 aromatic rings. The highest BCUT2D eigenvalue weighted by atomic mass is 35.5. The summed E-state index contributed by atoms with van der Waals surface area (Å²) < 4.78 is 6.28. The van der Waals surface area contributed by atoms with Crippen molar-refractivity contribution in [1.29, 1.82) is 0 Å². The largest absolute Gasteiger partial charge is 0.383 e. The molecule has 0 aromatic carbocycles. The van der Waals surface area contributed by atoms with Crippen LogP contribution in [0.2, 0.25) is 5.02 Å². The molecule has 0 amide bonds. The zero-order chi connectivity index (χ0) is 14.7. The van der Waals surface area contributed by atoms with E-state index in [2.05, 4.69) is 16.9 Å². The molecule has 0 radical (unpaired) electrons. The molecule has 2 N–H and O–H groups in total. The Bertz CT molecular complexity index is 520. The first-order chi connectivity index (χ1) is 9.58. The van der Waals surface area contributed by atoms with Crippen molar-refractivity contribution < 1.29 is 4.74 Å². The highest BCUT2D eigenvalue weighted by Gasteiger charge is 2.30. The van der Waals surface area contributed by atoms with Crippen molar-refractivity contribution in [2.75, 3.05) is 31.7 Å². The second-order valence-electron chi connectivity index (χ2n) is 5.20. The first-order valence-electron chi connectivity index (χ1n) is 6.79. The van der Waals surface area contributed by atoms with Crippen LogP contribution in [0.15, 0.2) is 11.0 Å². The Morgan fingerprint density at radius 3 is 2.95 bits per heavy atom. The Hall–Kier alpha value is -1.11. The summed E-state index contributed by atoms with van der Waals surface area (Å²) in [5, 5.41) is 4.40. The van der Waals surface area contributed by atoms with Crippen LogP contribution in [0.4, 0.5) is 5.69 Å². The maximum absolute atomic E-state index is 12.2. The number of hydrogen-bond donors (Lipinski definition) is 1. The van der Waals surface area contributed by atoms with Crippen molar-refractivity contribution in [2.24, 2.45) is 11.7 Å². The van der Waals surface area contributed by atoms with Gasteiger partial charge in [0.25, 0.3) is 5.56 Å². The Morgan fingerprint density at radius 2 is 2.35 bits per heavy atom. The minimum Gasteiger partial charge on any atom is -0.383 e. The van der Waals surface area contributed by atoms with E-state index in [1.165, 1.54) is 4.68 Å². The number of anilines is 1. The van der Waals surface area contributed by atoms with Gasteiger partial charge in [0.05, 0.1) is 25.0 Å². The average Bonchev–Trinajstić information content (AvgIpc) is 2.82. The van der Waals surface area contributed by atoms with Crippen LogP contribution < -0.4 is 16.2 Å². The number of aromatic nitrogens is 2. The van der Waals surface area contributed by atoms with Gasteiger partial charge in [-0.25, -0.2) is 4.68 Å². The topological polar surface area (TPSA) is 73.4 Å². The fourth-order valence-electron chi connectivity index (χ4n) is 2.64. The van der Waals surface area contributed by atoms with Gasteiger partial charge < -0.3 is 15.4 Å². The van der Waals surface area contributed by atoms with Gasteiger partial charge in [0.1, 0.15) is 5.02 Å². The molecule has 1 fully saturated rings. The lowest BCUT2D eigenvalue weighted by Crippen LogP contribution is -2.32. The van der Waals surface area contributed by atoms with Gasteiger partial charge in [0.2, 0.25) is 0 Å². The quantitative estimate of drug-likeness (QED) is 0.867. The van der Waals surface area contributed by atoms with Crippen molar-refractivity contribution in [2.45, 2.75) is 25.9 Å². The lowest BCUT2D eigenvalue weighted by molar-refractivity contribution is 0.182. The zero-order valence-electron chi connectivity index (χ0n) is 11.9. The minimum atomic E-state index is -0.274. The molecular formula is C13H21ClN4O2. The molecule has 1 aliphatic rings. The van der Waals surface area contributed by atoms with E-state index in [0.29, 0.717) is 37.3 Å². The lowest BCUT2D eigenvalue weighted by atomic mass is 10.1. The van der Waals surface area contributed by atoms with E-state index in [1.54, 1.807) is 13.3 Å². The van der Waals surface area contributed by atoms with Gasteiger partial charge in [-0.15, -0.1) is 0 Å². The van der Waals surface area contributed by atoms with E-state index in [4.69, 9.17) is 22.1 Å². The van der Waals surface area contributed by atoms with E-state index < -0.39 is 0 Å². The molecule has 2 atom stereocenters. The van der Waals surface area contributed by atoms with E-state index >= 15 is 0 Å². The van der Waals surface area contributed by atoms with Gasteiger partial charge in [-0.3, -0.25) is 4.79 Å². The highest BCUT2D eigenvalue weighted by Crippen LogP contribution is 2.31. The van der Waals surface area contributed by atoms with Gasteiger partial charge in [-0.1, -0.05) is 11.6 Å². The average molecular weight is 301 g/mol. The van der Waals surface area contributed by atoms with Gasteiger partial charge in [0.15, 0.2) is 0 Å². The van der Waals surface area contributed by atoms with Crippen molar-refractivity contribution in [3.8, 4) is 0 Å². The zero-order valence-corrected chi connectivity index (χ0v) is 12.6. The van der Waals surface area contributed by atoms with E-state index in [1.807, 2.05) is 0 Å². The van der Waals surface area contributed by atoms with Crippen LogP contribution in [0.25, 0.3) is 0 Å². The standard InChI is InChI=1S/C13H21ClN4O2/c1-9-5-10(6-15)8-17(9)11-7-16-18(3-4-20-2)13(19)12(11)14/h7,9-10H,3-6,8,15H2,1-2H3. The van der Waals surface area contributed by atoms with Crippen molar-refractivity contribution in [3.63, 3.8) is 0 Å². The van der Waals surface area contributed by atoms with Gasteiger partial charge in [0, 0.05) is 19.7 Å². The molecule has 20 heavy (non-hydrogen) atoms. The van der Waals surface area contributed by atoms with Gasteiger partial charge >= 0.3 is 0 Å². The Morgan fingerprint density at radius 1 is 1.60 bits per heavy atom. The van der Waals surface area contributed by atoms with Crippen LogP contribution in [0, 0.1) is 5.92 Å². The van der Waals surface area contributed by atoms with Gasteiger partial charge in [-0.05, 0) is 25.8 Å². The molecule has 0 bridgehead atoms. The third-order valence-electron chi connectivity index (χ3n) is 3.78. The predicted octanol–water partition coefficient (Wildman–Crippen LogP) is 0.717. The third kappa shape index (κ3) is 2.97. The molecule has 0 spiro atoms. The fourth-order valence-corrected chi connectivity index (χ4v) is 2.90. The monoisotopic (exact) mass is 300 g/mol. The maximum Gasteiger partial charge on any atom is 0.287 e. The minimum absolute atomic E-state index is 0.223. The summed E-state index contributed by atoms with van der Waals surface area (Å²) in [6.07, 6.45) is 2.67. The second kappa shape index (κ2) is 6.56. The number of ether oxygens (including phenoxy) is 1. The molecule has 7 heteroatoms. The molecule has 0 aliphatic carbocycles. The lowest BCUT2D eigenvalue weighted by Gasteiger charge is -2.24. The van der Waals surface area contributed by atoms with Crippen molar-refractivity contribution >= 4 is 17.3 Å². The summed E-state index contributed by atoms with van der Waals surface area (Å²) in [5.41, 5.74) is 6.16. The number of rotatable bonds is 5. The molecule has 1 saturated heterocycles.